The zero-order chi connectivity index (χ0) is 21.3. The maximum atomic E-state index is 12.2. The summed E-state index contributed by atoms with van der Waals surface area (Å²) >= 11 is 7.56. The van der Waals surface area contributed by atoms with Crippen molar-refractivity contribution in [3.05, 3.63) is 11.2 Å². The van der Waals surface area contributed by atoms with Crippen molar-refractivity contribution in [3.8, 4) is 0 Å². The summed E-state index contributed by atoms with van der Waals surface area (Å²) in [5, 5.41) is 3.93. The van der Waals surface area contributed by atoms with Crippen molar-refractivity contribution in [2.45, 2.75) is 30.5 Å². The number of likely N-dealkylation sites (tertiary alicyclic amines) is 1. The first-order chi connectivity index (χ1) is 14.5. The van der Waals surface area contributed by atoms with E-state index in [0.717, 1.165) is 71.0 Å². The van der Waals surface area contributed by atoms with Crippen molar-refractivity contribution in [2.75, 3.05) is 77.2 Å². The van der Waals surface area contributed by atoms with E-state index in [2.05, 4.69) is 44.1 Å². The Morgan fingerprint density at radius 1 is 1.30 bits per heavy atom. The smallest absolute Gasteiger partial charge is 0.230 e. The molecule has 1 aromatic rings. The molecule has 168 valence electrons. The van der Waals surface area contributed by atoms with Gasteiger partial charge in [0.05, 0.1) is 19.0 Å². The van der Waals surface area contributed by atoms with Crippen LogP contribution in [0.1, 0.15) is 19.3 Å². The zero-order valence-corrected chi connectivity index (χ0v) is 19.6. The Hall–Kier alpha value is -1.13. The van der Waals surface area contributed by atoms with Gasteiger partial charge in [-0.3, -0.25) is 9.69 Å². The summed E-state index contributed by atoms with van der Waals surface area (Å²) in [5.74, 6) is 1.10. The van der Waals surface area contributed by atoms with Crippen LogP contribution < -0.4 is 10.2 Å². The molecular weight excluding hydrogens is 424 g/mol. The maximum absolute atomic E-state index is 12.2. The van der Waals surface area contributed by atoms with Crippen LogP contribution in [0.3, 0.4) is 0 Å². The highest BCUT2D eigenvalue weighted by molar-refractivity contribution is 7.99. The van der Waals surface area contributed by atoms with Crippen molar-refractivity contribution >= 4 is 35.1 Å². The predicted molar refractivity (Wildman–Crippen MR) is 122 cm³/mol. The number of hydrogen-bond acceptors (Lipinski definition) is 8. The lowest BCUT2D eigenvalue weighted by Crippen LogP contribution is -2.42. The molecule has 1 aromatic heterocycles. The Morgan fingerprint density at radius 2 is 2.03 bits per heavy atom. The summed E-state index contributed by atoms with van der Waals surface area (Å²) in [6.45, 7) is 7.39. The van der Waals surface area contributed by atoms with Crippen LogP contribution in [0.15, 0.2) is 11.2 Å². The monoisotopic (exact) mass is 456 g/mol. The number of thioether (sulfide) groups is 1. The average Bonchev–Trinajstić information content (AvgIpc) is 2.76. The molecule has 0 spiro atoms. The number of aromatic nitrogens is 2. The number of carbonyl (C=O) groups is 1. The molecular formula is C20H33ClN6O2S. The van der Waals surface area contributed by atoms with Gasteiger partial charge in [0, 0.05) is 38.8 Å². The van der Waals surface area contributed by atoms with E-state index in [1.807, 2.05) is 0 Å². The average molecular weight is 457 g/mol. The molecule has 0 aliphatic carbocycles. The van der Waals surface area contributed by atoms with Crippen LogP contribution in [0.25, 0.3) is 0 Å². The number of amides is 1. The number of nitrogens with one attached hydrogen (secondary N) is 1. The first-order valence-electron chi connectivity index (χ1n) is 10.7. The molecule has 1 amide bonds. The number of carbonyl (C=O) groups excluding carboxylic acids is 1. The van der Waals surface area contributed by atoms with Gasteiger partial charge in [-0.1, -0.05) is 23.4 Å². The number of halogens is 1. The van der Waals surface area contributed by atoms with E-state index in [-0.39, 0.29) is 11.7 Å². The van der Waals surface area contributed by atoms with E-state index in [9.17, 15) is 4.79 Å². The Balaban J connectivity index is 1.41. The van der Waals surface area contributed by atoms with Gasteiger partial charge in [0.2, 0.25) is 5.91 Å². The molecule has 2 fully saturated rings. The van der Waals surface area contributed by atoms with E-state index in [1.54, 1.807) is 6.07 Å². The second-order valence-corrected chi connectivity index (χ2v) is 9.25. The van der Waals surface area contributed by atoms with Crippen molar-refractivity contribution in [1.82, 2.24) is 25.1 Å². The highest BCUT2D eigenvalue weighted by Gasteiger charge is 2.22. The van der Waals surface area contributed by atoms with E-state index in [0.29, 0.717) is 22.9 Å². The summed E-state index contributed by atoms with van der Waals surface area (Å²) in [5.41, 5.74) is 0. The number of rotatable bonds is 9. The first-order valence-corrected chi connectivity index (χ1v) is 12.0. The fraction of sp³-hybridized carbons (Fsp3) is 0.750. The molecule has 0 unspecified atom stereocenters. The van der Waals surface area contributed by atoms with Gasteiger partial charge in [-0.15, -0.1) is 0 Å². The Bertz CT molecular complexity index is 683. The molecule has 8 nitrogen and oxygen atoms in total. The van der Waals surface area contributed by atoms with Crippen LogP contribution in [0.2, 0.25) is 5.15 Å². The molecule has 0 radical (unpaired) electrons. The molecule has 2 saturated heterocycles. The molecule has 2 aliphatic heterocycles. The highest BCUT2D eigenvalue weighted by Crippen LogP contribution is 2.25. The van der Waals surface area contributed by atoms with Gasteiger partial charge in [-0.25, -0.2) is 9.97 Å². The zero-order valence-electron chi connectivity index (χ0n) is 18.0. The second-order valence-electron chi connectivity index (χ2n) is 7.92. The van der Waals surface area contributed by atoms with Gasteiger partial charge >= 0.3 is 0 Å². The molecule has 3 rings (SSSR count). The highest BCUT2D eigenvalue weighted by atomic mass is 35.5. The third kappa shape index (κ3) is 7.53. The molecule has 3 heterocycles. The van der Waals surface area contributed by atoms with Gasteiger partial charge in [0.25, 0.3) is 0 Å². The molecule has 30 heavy (non-hydrogen) atoms. The van der Waals surface area contributed by atoms with E-state index in [1.165, 1.54) is 11.8 Å². The van der Waals surface area contributed by atoms with E-state index in [4.69, 9.17) is 16.3 Å². The molecule has 0 aromatic carbocycles. The minimum Gasteiger partial charge on any atom is -0.379 e. The number of anilines is 1. The third-order valence-electron chi connectivity index (χ3n) is 5.67. The van der Waals surface area contributed by atoms with Gasteiger partial charge < -0.3 is 19.9 Å². The third-order valence-corrected chi connectivity index (χ3v) is 6.71. The maximum Gasteiger partial charge on any atom is 0.230 e. The van der Waals surface area contributed by atoms with E-state index < -0.39 is 0 Å². The molecule has 2 aliphatic rings. The fourth-order valence-electron chi connectivity index (χ4n) is 3.74. The van der Waals surface area contributed by atoms with Crippen molar-refractivity contribution < 1.29 is 9.53 Å². The van der Waals surface area contributed by atoms with Gasteiger partial charge in [-0.05, 0) is 45.9 Å². The molecule has 0 saturated carbocycles. The minimum atomic E-state index is -0.00391. The van der Waals surface area contributed by atoms with Crippen LogP contribution in [0.4, 0.5) is 5.82 Å². The number of ether oxygens (including phenoxy) is 1. The number of piperidine rings is 1. The second kappa shape index (κ2) is 12.0. The lowest BCUT2D eigenvalue weighted by Gasteiger charge is -2.35. The normalized spacial score (nSPS) is 19.0. The van der Waals surface area contributed by atoms with Crippen molar-refractivity contribution in [1.29, 1.82) is 0 Å². The van der Waals surface area contributed by atoms with Crippen LogP contribution in [-0.4, -0.2) is 104 Å². The topological polar surface area (TPSA) is 73.8 Å². The minimum absolute atomic E-state index is 0.00391. The summed E-state index contributed by atoms with van der Waals surface area (Å²) < 4.78 is 5.35. The molecule has 1 N–H and O–H groups in total. The van der Waals surface area contributed by atoms with Crippen LogP contribution in [0, 0.1) is 0 Å². The van der Waals surface area contributed by atoms with Crippen molar-refractivity contribution in [2.24, 2.45) is 0 Å². The van der Waals surface area contributed by atoms with Crippen LogP contribution in [0.5, 0.6) is 0 Å². The lowest BCUT2D eigenvalue weighted by atomic mass is 10.0. The van der Waals surface area contributed by atoms with E-state index >= 15 is 0 Å². The summed E-state index contributed by atoms with van der Waals surface area (Å²) in [7, 11) is 4.21. The SMILES string of the molecule is CN1CCC(N(C)c2cc(Cl)nc(SCC(=O)NCCCN3CCOCC3)n2)CC1. The largest absolute Gasteiger partial charge is 0.379 e. The van der Waals surface area contributed by atoms with Gasteiger partial charge in [-0.2, -0.15) is 0 Å². The Labute approximate surface area is 188 Å². The Kier molecular flexibility index (Phi) is 9.45. The van der Waals surface area contributed by atoms with Gasteiger partial charge in [0.1, 0.15) is 11.0 Å². The molecule has 10 heteroatoms. The number of nitrogens with zero attached hydrogens (tertiary/aromatic N) is 5. The lowest BCUT2D eigenvalue weighted by molar-refractivity contribution is -0.118. The van der Waals surface area contributed by atoms with Crippen LogP contribution >= 0.6 is 23.4 Å². The first kappa shape index (κ1) is 23.5. The number of morpholine rings is 1. The predicted octanol–water partition coefficient (Wildman–Crippen LogP) is 1.59. The summed E-state index contributed by atoms with van der Waals surface area (Å²) in [6.07, 6.45) is 3.14. The van der Waals surface area contributed by atoms with Crippen LogP contribution in [-0.2, 0) is 9.53 Å². The molecule has 0 bridgehead atoms. The van der Waals surface area contributed by atoms with Crippen molar-refractivity contribution in [3.63, 3.8) is 0 Å². The quantitative estimate of drug-likeness (QED) is 0.260. The fourth-order valence-corrected chi connectivity index (χ4v) is 4.65. The van der Waals surface area contributed by atoms with Gasteiger partial charge in [0.15, 0.2) is 5.16 Å². The Morgan fingerprint density at radius 3 is 2.77 bits per heavy atom. The summed E-state index contributed by atoms with van der Waals surface area (Å²) in [6, 6.07) is 2.25. The summed E-state index contributed by atoms with van der Waals surface area (Å²) in [4.78, 5) is 28.0. The molecule has 0 atom stereocenters. The standard InChI is InChI=1S/C20H33ClN6O2S/c1-25-8-4-16(5-9-25)26(2)18-14-17(21)23-20(24-18)30-15-19(28)22-6-3-7-27-10-12-29-13-11-27/h14,16H,3-13,15H2,1-2H3,(H,22,28). The number of hydrogen-bond donors (Lipinski definition) is 1.